The number of benzene rings is 1. The van der Waals surface area contributed by atoms with E-state index < -0.39 is 17.7 Å². The number of guanidine groups is 1. The van der Waals surface area contributed by atoms with Crippen molar-refractivity contribution in [2.24, 2.45) is 11.5 Å². The molecule has 1 aromatic heterocycles. The van der Waals surface area contributed by atoms with Gasteiger partial charge in [0.2, 0.25) is 0 Å². The largest absolute Gasteiger partial charge is 1.00 e. The molecule has 0 saturated carbocycles. The summed E-state index contributed by atoms with van der Waals surface area (Å²) in [4.78, 5) is 17.5. The lowest BCUT2D eigenvalue weighted by Gasteiger charge is -2.15. The molecule has 2 rings (SSSR count). The van der Waals surface area contributed by atoms with Gasteiger partial charge >= 0.3 is 11.9 Å². The molecule has 0 aliphatic carbocycles. The molecule has 0 aliphatic rings. The van der Waals surface area contributed by atoms with E-state index in [1.54, 1.807) is 25.1 Å². The fraction of sp³-hybridized carbons (Fsp3) is 0.250. The zero-order valence-electron chi connectivity index (χ0n) is 13.6. The highest BCUT2D eigenvalue weighted by Gasteiger charge is 2.27. The molecule has 0 aliphatic heterocycles. The van der Waals surface area contributed by atoms with E-state index in [1.165, 1.54) is 12.3 Å². The first-order chi connectivity index (χ1) is 11.5. The fourth-order valence-electron chi connectivity index (χ4n) is 2.48. The van der Waals surface area contributed by atoms with Crippen LogP contribution in [-0.2, 0) is 4.74 Å². The second-order valence-corrected chi connectivity index (χ2v) is 5.05. The van der Waals surface area contributed by atoms with Crippen LogP contribution in [0.25, 0.3) is 0 Å². The highest BCUT2D eigenvalue weighted by Crippen LogP contribution is 2.31. The first kappa shape index (κ1) is 20.5. The van der Waals surface area contributed by atoms with Crippen molar-refractivity contribution < 1.29 is 36.4 Å². The summed E-state index contributed by atoms with van der Waals surface area (Å²) < 4.78 is 19.1. The average Bonchev–Trinajstić information content (AvgIpc) is 2.93. The third kappa shape index (κ3) is 4.49. The van der Waals surface area contributed by atoms with E-state index in [1.807, 2.05) is 0 Å². The number of hydrogen-bond donors (Lipinski definition) is 5. The van der Waals surface area contributed by atoms with E-state index in [-0.39, 0.29) is 48.5 Å². The summed E-state index contributed by atoms with van der Waals surface area (Å²) >= 11 is 0. The van der Waals surface area contributed by atoms with Gasteiger partial charge in [-0.05, 0) is 18.6 Å². The van der Waals surface area contributed by atoms with Crippen LogP contribution in [0.5, 0.6) is 0 Å². The maximum absolute atomic E-state index is 14.1. The molecule has 25 heavy (non-hydrogen) atoms. The molecule has 7 N–H and O–H groups in total. The Balaban J connectivity index is 0.00000312. The Morgan fingerprint density at radius 3 is 2.60 bits per heavy atom. The molecule has 0 bridgehead atoms. The smallest absolute Gasteiger partial charge is 0.358 e. The summed E-state index contributed by atoms with van der Waals surface area (Å²) in [5.41, 5.74) is 12.0. The lowest BCUT2D eigenvalue weighted by molar-refractivity contribution is -0.357. The number of aromatic amines is 1. The summed E-state index contributed by atoms with van der Waals surface area (Å²) in [6, 6.07) is 6.08. The van der Waals surface area contributed by atoms with E-state index in [2.05, 4.69) is 9.98 Å². The quantitative estimate of drug-likeness (QED) is 0.204. The van der Waals surface area contributed by atoms with Gasteiger partial charge in [-0.25, -0.2) is 14.2 Å². The number of aliphatic hydroxyl groups is 1. The number of carbonyl (C=O) groups excluding carboxylic acids is 1. The van der Waals surface area contributed by atoms with Gasteiger partial charge in [0.25, 0.3) is 0 Å². The monoisotopic (exact) mass is 370 g/mol. The van der Waals surface area contributed by atoms with Crippen molar-refractivity contribution in [1.82, 2.24) is 4.98 Å². The Kier molecular flexibility index (Phi) is 7.41. The molecular formula is C16H20ClFN4O3. The second-order valence-electron chi connectivity index (χ2n) is 5.05. The first-order valence-corrected chi connectivity index (χ1v) is 7.38. The molecule has 136 valence electrons. The maximum atomic E-state index is 14.1. The summed E-state index contributed by atoms with van der Waals surface area (Å²) in [6.07, 6.45) is 1.49. The number of esters is 1. The molecule has 9 heteroatoms. The predicted octanol–water partition coefficient (Wildman–Crippen LogP) is -3.56. The van der Waals surface area contributed by atoms with Gasteiger partial charge in [0, 0.05) is 17.7 Å². The Bertz CT molecular complexity index is 760. The van der Waals surface area contributed by atoms with Gasteiger partial charge in [0.15, 0.2) is 5.69 Å². The highest BCUT2D eigenvalue weighted by molar-refractivity contribution is 5.93. The Morgan fingerprint density at radius 2 is 2.04 bits per heavy atom. The number of H-pyrrole nitrogens is 1. The molecule has 0 amide bonds. The van der Waals surface area contributed by atoms with Crippen LogP contribution in [0, 0.1) is 5.82 Å². The van der Waals surface area contributed by atoms with Crippen molar-refractivity contribution in [1.29, 1.82) is 0 Å². The molecule has 1 atom stereocenters. The number of nitrogens with one attached hydrogen (secondary N) is 2. The van der Waals surface area contributed by atoms with Crippen LogP contribution in [-0.4, -0.2) is 35.2 Å². The van der Waals surface area contributed by atoms with Gasteiger partial charge in [-0.3, -0.25) is 11.5 Å². The predicted molar refractivity (Wildman–Crippen MR) is 86.1 cm³/mol. The second kappa shape index (κ2) is 9.05. The molecule has 0 saturated heterocycles. The SMILES string of the molecule is CCOC(=O)c1[nH]cc([C@@H](CO)c2ccccc2F)c1[NH+]=C(N)N.[Cl-]. The minimum Gasteiger partial charge on any atom is -1.00 e. The molecule has 7 nitrogen and oxygen atoms in total. The van der Waals surface area contributed by atoms with Crippen molar-refractivity contribution >= 4 is 17.6 Å². The lowest BCUT2D eigenvalue weighted by Crippen LogP contribution is -3.00. The highest BCUT2D eigenvalue weighted by atomic mass is 35.5. The number of carbonyl (C=O) groups is 1. The number of ether oxygens (including phenoxy) is 1. The number of nitrogens with two attached hydrogens (primary N) is 2. The molecule has 1 aromatic carbocycles. The third-order valence-electron chi connectivity index (χ3n) is 3.50. The summed E-state index contributed by atoms with van der Waals surface area (Å²) in [6.45, 7) is 1.49. The summed E-state index contributed by atoms with van der Waals surface area (Å²) in [5.74, 6) is -1.94. The number of halogens is 2. The van der Waals surface area contributed by atoms with Crippen LogP contribution in [0.4, 0.5) is 10.1 Å². The van der Waals surface area contributed by atoms with E-state index in [0.717, 1.165) is 0 Å². The van der Waals surface area contributed by atoms with E-state index >= 15 is 0 Å². The van der Waals surface area contributed by atoms with Crippen molar-refractivity contribution in [2.75, 3.05) is 13.2 Å². The average molecular weight is 371 g/mol. The standard InChI is InChI=1S/C16H19FN4O3.ClH/c1-2-24-15(23)14-13(21-16(18)19)10(7-20-14)11(8-22)9-5-3-4-6-12(9)17;/h3-7,11,20,22H,2,8H2,1H3,(H4,18,19,21);1H/t11-;/m0./s1. The number of rotatable bonds is 6. The van der Waals surface area contributed by atoms with Crippen LogP contribution in [0.2, 0.25) is 0 Å². The number of hydrogen-bond acceptors (Lipinski definition) is 3. The number of aliphatic hydroxyl groups excluding tert-OH is 1. The Morgan fingerprint density at radius 1 is 1.36 bits per heavy atom. The molecule has 1 heterocycles. The van der Waals surface area contributed by atoms with Gasteiger partial charge in [-0.2, -0.15) is 0 Å². The fourth-order valence-corrected chi connectivity index (χ4v) is 2.48. The molecule has 0 unspecified atom stereocenters. The van der Waals surface area contributed by atoms with E-state index in [9.17, 15) is 14.3 Å². The zero-order chi connectivity index (χ0) is 17.7. The van der Waals surface area contributed by atoms with Crippen LogP contribution < -0.4 is 28.9 Å². The third-order valence-corrected chi connectivity index (χ3v) is 3.50. The van der Waals surface area contributed by atoms with Crippen molar-refractivity contribution in [2.45, 2.75) is 12.8 Å². The Labute approximate surface area is 150 Å². The van der Waals surface area contributed by atoms with Gasteiger partial charge in [-0.15, -0.1) is 0 Å². The molecule has 2 aromatic rings. The first-order valence-electron chi connectivity index (χ1n) is 7.38. The van der Waals surface area contributed by atoms with Crippen LogP contribution in [0.15, 0.2) is 30.5 Å². The van der Waals surface area contributed by atoms with Crippen molar-refractivity contribution in [3.8, 4) is 0 Å². The van der Waals surface area contributed by atoms with Gasteiger partial charge in [-0.1, -0.05) is 18.2 Å². The van der Waals surface area contributed by atoms with Crippen molar-refractivity contribution in [3.63, 3.8) is 0 Å². The van der Waals surface area contributed by atoms with E-state index in [4.69, 9.17) is 16.2 Å². The van der Waals surface area contributed by atoms with Crippen LogP contribution >= 0.6 is 0 Å². The molecular weight excluding hydrogens is 351 g/mol. The minimum atomic E-state index is -0.715. The maximum Gasteiger partial charge on any atom is 0.358 e. The van der Waals surface area contributed by atoms with Crippen LogP contribution in [0.3, 0.4) is 0 Å². The van der Waals surface area contributed by atoms with Gasteiger partial charge in [0.1, 0.15) is 11.5 Å². The van der Waals surface area contributed by atoms with Gasteiger partial charge < -0.3 is 27.2 Å². The zero-order valence-corrected chi connectivity index (χ0v) is 14.3. The lowest BCUT2D eigenvalue weighted by atomic mass is 9.92. The molecule has 0 radical (unpaired) electrons. The Hall–Kier alpha value is -2.58. The molecule has 0 fully saturated rings. The van der Waals surface area contributed by atoms with E-state index in [0.29, 0.717) is 5.56 Å². The molecule has 0 spiro atoms. The topological polar surface area (TPSA) is 128 Å². The normalized spacial score (nSPS) is 11.3. The minimum absolute atomic E-state index is 0. The number of aromatic nitrogens is 1. The van der Waals surface area contributed by atoms with Crippen molar-refractivity contribution in [3.05, 3.63) is 53.1 Å². The summed E-state index contributed by atoms with van der Waals surface area (Å²) in [5, 5.41) is 9.77. The summed E-state index contributed by atoms with van der Waals surface area (Å²) in [7, 11) is 0. The van der Waals surface area contributed by atoms with Gasteiger partial charge in [0.05, 0.1) is 13.2 Å². The van der Waals surface area contributed by atoms with Crippen LogP contribution in [0.1, 0.15) is 34.5 Å².